The Labute approximate surface area is 124 Å². The van der Waals surface area contributed by atoms with Crippen LogP contribution in [0.1, 0.15) is 24.9 Å². The third kappa shape index (κ3) is 3.75. The lowest BCUT2D eigenvalue weighted by atomic mass is 10.1. The van der Waals surface area contributed by atoms with Gasteiger partial charge in [0.25, 0.3) is 0 Å². The fourth-order valence-corrected chi connectivity index (χ4v) is 3.41. The number of hydrogen-bond acceptors (Lipinski definition) is 2. The zero-order chi connectivity index (χ0) is 13.7. The van der Waals surface area contributed by atoms with Crippen LogP contribution in [-0.4, -0.2) is 7.05 Å². The lowest BCUT2D eigenvalue weighted by Gasteiger charge is -2.18. The number of benzene rings is 2. The van der Waals surface area contributed by atoms with Gasteiger partial charge in [0.1, 0.15) is 0 Å². The molecule has 1 unspecified atom stereocenters. The van der Waals surface area contributed by atoms with E-state index >= 15 is 0 Å². The molecule has 2 aromatic rings. The van der Waals surface area contributed by atoms with E-state index in [0.29, 0.717) is 6.04 Å². The van der Waals surface area contributed by atoms with E-state index in [1.807, 2.05) is 25.2 Å². The van der Waals surface area contributed by atoms with Gasteiger partial charge in [-0.2, -0.15) is 0 Å². The highest BCUT2D eigenvalue weighted by atomic mass is 35.5. The van der Waals surface area contributed by atoms with Crippen molar-refractivity contribution in [2.24, 2.45) is 0 Å². The third-order valence-corrected chi connectivity index (χ3v) is 4.39. The van der Waals surface area contributed by atoms with Crippen LogP contribution in [0, 0.1) is 0 Å². The smallest absolute Gasteiger partial charge is 0.0417 e. The second-order valence-corrected chi connectivity index (χ2v) is 5.90. The van der Waals surface area contributed by atoms with E-state index in [-0.39, 0.29) is 0 Å². The van der Waals surface area contributed by atoms with Crippen molar-refractivity contribution in [3.8, 4) is 0 Å². The maximum absolute atomic E-state index is 6.04. The molecule has 0 heterocycles. The van der Waals surface area contributed by atoms with Crippen LogP contribution in [-0.2, 0) is 0 Å². The number of hydrogen-bond donors (Lipinski definition) is 1. The lowest BCUT2D eigenvalue weighted by Crippen LogP contribution is -2.15. The van der Waals surface area contributed by atoms with Gasteiger partial charge in [-0.3, -0.25) is 0 Å². The van der Waals surface area contributed by atoms with E-state index in [1.54, 1.807) is 11.8 Å². The molecule has 0 fully saturated rings. The molecule has 0 saturated heterocycles. The van der Waals surface area contributed by atoms with Crippen LogP contribution < -0.4 is 5.32 Å². The third-order valence-electron chi connectivity index (χ3n) is 3.08. The van der Waals surface area contributed by atoms with Crippen molar-refractivity contribution in [3.05, 3.63) is 59.1 Å². The highest BCUT2D eigenvalue weighted by Crippen LogP contribution is 2.34. The van der Waals surface area contributed by atoms with Crippen molar-refractivity contribution in [2.75, 3.05) is 7.05 Å². The zero-order valence-electron chi connectivity index (χ0n) is 11.2. The van der Waals surface area contributed by atoms with Gasteiger partial charge in [0, 0.05) is 20.9 Å². The van der Waals surface area contributed by atoms with E-state index in [9.17, 15) is 0 Å². The number of halogens is 1. The SMILES string of the molecule is CCC(NC)c1ccccc1Sc1cccc(Cl)c1. The molecule has 19 heavy (non-hydrogen) atoms. The molecule has 0 aliphatic heterocycles. The Kier molecular flexibility index (Phi) is 5.32. The molecule has 0 amide bonds. The summed E-state index contributed by atoms with van der Waals surface area (Å²) >= 11 is 7.81. The van der Waals surface area contributed by atoms with Crippen LogP contribution >= 0.6 is 23.4 Å². The number of nitrogens with one attached hydrogen (secondary N) is 1. The predicted octanol–water partition coefficient (Wildman–Crippen LogP) is 5.16. The second-order valence-electron chi connectivity index (χ2n) is 4.35. The van der Waals surface area contributed by atoms with E-state index in [1.165, 1.54) is 15.4 Å². The van der Waals surface area contributed by atoms with E-state index in [2.05, 4.69) is 42.6 Å². The largest absolute Gasteiger partial charge is 0.313 e. The molecule has 2 rings (SSSR count). The summed E-state index contributed by atoms with van der Waals surface area (Å²) in [7, 11) is 2.01. The van der Waals surface area contributed by atoms with Gasteiger partial charge < -0.3 is 5.32 Å². The first kappa shape index (κ1) is 14.4. The Morgan fingerprint density at radius 2 is 1.95 bits per heavy atom. The van der Waals surface area contributed by atoms with Gasteiger partial charge in [-0.05, 0) is 43.3 Å². The van der Waals surface area contributed by atoms with Crippen LogP contribution in [0.15, 0.2) is 58.3 Å². The van der Waals surface area contributed by atoms with Gasteiger partial charge >= 0.3 is 0 Å². The average Bonchev–Trinajstić information content (AvgIpc) is 2.42. The summed E-state index contributed by atoms with van der Waals surface area (Å²) < 4.78 is 0. The molecular formula is C16H18ClNS. The van der Waals surface area contributed by atoms with E-state index in [4.69, 9.17) is 11.6 Å². The van der Waals surface area contributed by atoms with Crippen molar-refractivity contribution in [3.63, 3.8) is 0 Å². The summed E-state index contributed by atoms with van der Waals surface area (Å²) in [4.78, 5) is 2.46. The highest BCUT2D eigenvalue weighted by molar-refractivity contribution is 7.99. The summed E-state index contributed by atoms with van der Waals surface area (Å²) in [6.45, 7) is 2.20. The first-order valence-corrected chi connectivity index (χ1v) is 7.63. The fourth-order valence-electron chi connectivity index (χ4n) is 2.10. The molecule has 100 valence electrons. The highest BCUT2D eigenvalue weighted by Gasteiger charge is 2.12. The van der Waals surface area contributed by atoms with Crippen LogP contribution in [0.2, 0.25) is 5.02 Å². The first-order chi connectivity index (χ1) is 9.24. The molecule has 0 bridgehead atoms. The van der Waals surface area contributed by atoms with Crippen LogP contribution in [0.3, 0.4) is 0 Å². The molecule has 1 atom stereocenters. The minimum absolute atomic E-state index is 0.392. The molecule has 2 aromatic carbocycles. The lowest BCUT2D eigenvalue weighted by molar-refractivity contribution is 0.568. The van der Waals surface area contributed by atoms with Gasteiger partial charge in [-0.15, -0.1) is 0 Å². The van der Waals surface area contributed by atoms with E-state index < -0.39 is 0 Å². The topological polar surface area (TPSA) is 12.0 Å². The predicted molar refractivity (Wildman–Crippen MR) is 84.1 cm³/mol. The minimum atomic E-state index is 0.392. The van der Waals surface area contributed by atoms with Crippen LogP contribution in [0.5, 0.6) is 0 Å². The first-order valence-electron chi connectivity index (χ1n) is 6.44. The van der Waals surface area contributed by atoms with E-state index in [0.717, 1.165) is 11.4 Å². The molecule has 1 N–H and O–H groups in total. The normalized spacial score (nSPS) is 12.4. The molecule has 3 heteroatoms. The molecule has 0 aliphatic rings. The zero-order valence-corrected chi connectivity index (χ0v) is 12.8. The Morgan fingerprint density at radius 3 is 2.63 bits per heavy atom. The van der Waals surface area contributed by atoms with Crippen molar-refractivity contribution < 1.29 is 0 Å². The van der Waals surface area contributed by atoms with Crippen molar-refractivity contribution >= 4 is 23.4 Å². The Bertz CT molecular complexity index is 538. The van der Waals surface area contributed by atoms with Crippen LogP contribution in [0.4, 0.5) is 0 Å². The van der Waals surface area contributed by atoms with Gasteiger partial charge in [0.05, 0.1) is 0 Å². The Hall–Kier alpha value is -0.960. The number of rotatable bonds is 5. The summed E-state index contributed by atoms with van der Waals surface area (Å²) in [5.41, 5.74) is 1.34. The van der Waals surface area contributed by atoms with Gasteiger partial charge in [-0.1, -0.05) is 54.6 Å². The molecule has 1 nitrogen and oxygen atoms in total. The van der Waals surface area contributed by atoms with Crippen LogP contribution in [0.25, 0.3) is 0 Å². The molecule has 0 radical (unpaired) electrons. The average molecular weight is 292 g/mol. The van der Waals surface area contributed by atoms with Gasteiger partial charge in [0.2, 0.25) is 0 Å². The molecular weight excluding hydrogens is 274 g/mol. The quantitative estimate of drug-likeness (QED) is 0.816. The summed E-state index contributed by atoms with van der Waals surface area (Å²) in [5.74, 6) is 0. The second kappa shape index (κ2) is 6.99. The molecule has 0 aromatic heterocycles. The molecule has 0 aliphatic carbocycles. The maximum atomic E-state index is 6.04. The molecule has 0 saturated carbocycles. The Morgan fingerprint density at radius 1 is 1.16 bits per heavy atom. The summed E-state index contributed by atoms with van der Waals surface area (Å²) in [6, 6.07) is 16.9. The monoisotopic (exact) mass is 291 g/mol. The summed E-state index contributed by atoms with van der Waals surface area (Å²) in [6.07, 6.45) is 1.07. The molecule has 0 spiro atoms. The van der Waals surface area contributed by atoms with Crippen molar-refractivity contribution in [2.45, 2.75) is 29.2 Å². The van der Waals surface area contributed by atoms with Gasteiger partial charge in [0.15, 0.2) is 0 Å². The standard InChI is InChI=1S/C16H18ClNS/c1-3-15(18-2)14-9-4-5-10-16(14)19-13-8-6-7-12(17)11-13/h4-11,15,18H,3H2,1-2H3. The maximum Gasteiger partial charge on any atom is 0.0417 e. The Balaban J connectivity index is 2.30. The van der Waals surface area contributed by atoms with Crippen molar-refractivity contribution in [1.82, 2.24) is 5.32 Å². The van der Waals surface area contributed by atoms with Gasteiger partial charge in [-0.25, -0.2) is 0 Å². The minimum Gasteiger partial charge on any atom is -0.313 e. The van der Waals surface area contributed by atoms with Crippen molar-refractivity contribution in [1.29, 1.82) is 0 Å². The fraction of sp³-hybridized carbons (Fsp3) is 0.250. The summed E-state index contributed by atoms with van der Waals surface area (Å²) in [5, 5.41) is 4.15.